The molecule has 1 aromatic rings. The molecule has 0 aliphatic heterocycles. The van der Waals surface area contributed by atoms with Crippen molar-refractivity contribution in [1.29, 1.82) is 0 Å². The predicted molar refractivity (Wildman–Crippen MR) is 65.5 cm³/mol. The van der Waals surface area contributed by atoms with E-state index in [2.05, 4.69) is 10.2 Å². The number of azo groups is 1. The summed E-state index contributed by atoms with van der Waals surface area (Å²) in [5.74, 6) is -1.11. The number of carbonyl (C=O) groups is 2. The molecule has 0 atom stereocenters. The SMILES string of the molecule is CC(=O)/C(N=Nc1ccc(C(N)=O)cc1)=C(\C)O. The van der Waals surface area contributed by atoms with Gasteiger partial charge in [0.2, 0.25) is 5.91 Å². The third-order valence-corrected chi connectivity index (χ3v) is 2.09. The molecule has 1 aromatic carbocycles. The number of hydrogen-bond donors (Lipinski definition) is 2. The minimum atomic E-state index is -0.533. The zero-order valence-electron chi connectivity index (χ0n) is 10.0. The fourth-order valence-corrected chi connectivity index (χ4v) is 1.20. The third kappa shape index (κ3) is 3.51. The van der Waals surface area contributed by atoms with Gasteiger partial charge in [0, 0.05) is 12.5 Å². The van der Waals surface area contributed by atoms with Gasteiger partial charge in [0.15, 0.2) is 11.5 Å². The van der Waals surface area contributed by atoms with Crippen LogP contribution >= 0.6 is 0 Å². The molecule has 0 saturated carbocycles. The number of benzene rings is 1. The van der Waals surface area contributed by atoms with E-state index < -0.39 is 5.91 Å². The summed E-state index contributed by atoms with van der Waals surface area (Å²) in [6, 6.07) is 6.07. The summed E-state index contributed by atoms with van der Waals surface area (Å²) in [4.78, 5) is 22.0. The zero-order chi connectivity index (χ0) is 13.7. The van der Waals surface area contributed by atoms with Crippen LogP contribution in [0.5, 0.6) is 0 Å². The fourth-order valence-electron chi connectivity index (χ4n) is 1.20. The lowest BCUT2D eigenvalue weighted by Gasteiger charge is -1.98. The molecule has 0 fully saturated rings. The van der Waals surface area contributed by atoms with E-state index in [1.807, 2.05) is 0 Å². The molecule has 6 heteroatoms. The van der Waals surface area contributed by atoms with Gasteiger partial charge in [-0.2, -0.15) is 5.11 Å². The van der Waals surface area contributed by atoms with Crippen molar-refractivity contribution in [2.24, 2.45) is 16.0 Å². The van der Waals surface area contributed by atoms with Gasteiger partial charge in [0.1, 0.15) is 5.76 Å². The van der Waals surface area contributed by atoms with E-state index >= 15 is 0 Å². The van der Waals surface area contributed by atoms with Gasteiger partial charge < -0.3 is 10.8 Å². The average Bonchev–Trinajstić information content (AvgIpc) is 2.28. The highest BCUT2D eigenvalue weighted by Gasteiger charge is 2.06. The number of aliphatic hydroxyl groups is 1. The highest BCUT2D eigenvalue weighted by atomic mass is 16.3. The van der Waals surface area contributed by atoms with Crippen LogP contribution in [0.25, 0.3) is 0 Å². The van der Waals surface area contributed by atoms with Gasteiger partial charge in [-0.3, -0.25) is 9.59 Å². The van der Waals surface area contributed by atoms with E-state index in [9.17, 15) is 14.7 Å². The summed E-state index contributed by atoms with van der Waals surface area (Å²) in [6.45, 7) is 2.64. The van der Waals surface area contributed by atoms with Crippen molar-refractivity contribution in [2.75, 3.05) is 0 Å². The lowest BCUT2D eigenvalue weighted by atomic mass is 10.2. The summed E-state index contributed by atoms with van der Waals surface area (Å²) in [5.41, 5.74) is 5.79. The smallest absolute Gasteiger partial charge is 0.248 e. The Morgan fingerprint density at radius 1 is 1.17 bits per heavy atom. The Morgan fingerprint density at radius 3 is 2.11 bits per heavy atom. The van der Waals surface area contributed by atoms with Crippen molar-refractivity contribution < 1.29 is 14.7 Å². The molecule has 0 aliphatic carbocycles. The van der Waals surface area contributed by atoms with Crippen molar-refractivity contribution in [3.63, 3.8) is 0 Å². The normalized spacial score (nSPS) is 12.3. The topological polar surface area (TPSA) is 105 Å². The van der Waals surface area contributed by atoms with Crippen LogP contribution in [0.15, 0.2) is 46.0 Å². The maximum atomic E-state index is 11.1. The molecule has 6 nitrogen and oxygen atoms in total. The first-order valence-corrected chi connectivity index (χ1v) is 5.14. The van der Waals surface area contributed by atoms with Gasteiger partial charge in [0.05, 0.1) is 5.69 Å². The van der Waals surface area contributed by atoms with E-state index in [0.717, 1.165) is 0 Å². The molecule has 0 aromatic heterocycles. The summed E-state index contributed by atoms with van der Waals surface area (Å²) in [5, 5.41) is 16.7. The molecule has 94 valence electrons. The highest BCUT2D eigenvalue weighted by Crippen LogP contribution is 2.16. The van der Waals surface area contributed by atoms with Crippen molar-refractivity contribution in [3.05, 3.63) is 41.3 Å². The molecule has 1 rings (SSSR count). The van der Waals surface area contributed by atoms with Crippen LogP contribution in [0.4, 0.5) is 5.69 Å². The molecule has 0 aliphatic rings. The van der Waals surface area contributed by atoms with Gasteiger partial charge in [-0.1, -0.05) is 0 Å². The molecule has 0 bridgehead atoms. The standard InChI is InChI=1S/C12H13N3O3/c1-7(16)11(8(2)17)15-14-10-5-3-9(4-6-10)12(13)18/h3-6,16H,1-2H3,(H2,13,18)/b11-7-,15-14?. The van der Waals surface area contributed by atoms with E-state index in [1.54, 1.807) is 0 Å². The minimum absolute atomic E-state index is 0.103. The zero-order valence-corrected chi connectivity index (χ0v) is 10.0. The van der Waals surface area contributed by atoms with Crippen LogP contribution in [0.2, 0.25) is 0 Å². The number of nitrogens with two attached hydrogens (primary N) is 1. The maximum Gasteiger partial charge on any atom is 0.248 e. The monoisotopic (exact) mass is 247 g/mol. The number of rotatable bonds is 4. The summed E-state index contributed by atoms with van der Waals surface area (Å²) < 4.78 is 0. The second-order valence-electron chi connectivity index (χ2n) is 3.60. The molecule has 0 radical (unpaired) electrons. The Morgan fingerprint density at radius 2 is 1.72 bits per heavy atom. The molecule has 18 heavy (non-hydrogen) atoms. The van der Waals surface area contributed by atoms with Gasteiger partial charge in [-0.25, -0.2) is 0 Å². The molecular weight excluding hydrogens is 234 g/mol. The first-order valence-electron chi connectivity index (χ1n) is 5.14. The molecule has 3 N–H and O–H groups in total. The van der Waals surface area contributed by atoms with Crippen molar-refractivity contribution in [1.82, 2.24) is 0 Å². The molecule has 1 amide bonds. The van der Waals surface area contributed by atoms with E-state index in [4.69, 9.17) is 5.73 Å². The number of amides is 1. The lowest BCUT2D eigenvalue weighted by molar-refractivity contribution is -0.113. The summed E-state index contributed by atoms with van der Waals surface area (Å²) in [7, 11) is 0. The molecule has 0 unspecified atom stereocenters. The van der Waals surface area contributed by atoms with Gasteiger partial charge in [-0.15, -0.1) is 5.11 Å². The van der Waals surface area contributed by atoms with Gasteiger partial charge in [-0.05, 0) is 31.2 Å². The number of ketones is 1. The van der Waals surface area contributed by atoms with Crippen LogP contribution in [-0.2, 0) is 4.79 Å². The number of Topliss-reactive ketones (excluding diaryl/α,β-unsaturated/α-hetero) is 1. The van der Waals surface area contributed by atoms with Gasteiger partial charge in [0.25, 0.3) is 0 Å². The fraction of sp³-hybridized carbons (Fsp3) is 0.167. The quantitative estimate of drug-likeness (QED) is 0.484. The van der Waals surface area contributed by atoms with Crippen molar-refractivity contribution >= 4 is 17.4 Å². The second-order valence-corrected chi connectivity index (χ2v) is 3.60. The number of allylic oxidation sites excluding steroid dienone is 2. The number of aliphatic hydroxyl groups excluding tert-OH is 1. The lowest BCUT2D eigenvalue weighted by Crippen LogP contribution is -2.10. The number of hydrogen-bond acceptors (Lipinski definition) is 5. The number of primary amides is 1. The Hall–Kier alpha value is -2.50. The van der Waals surface area contributed by atoms with Crippen LogP contribution < -0.4 is 5.73 Å². The minimum Gasteiger partial charge on any atom is -0.510 e. The van der Waals surface area contributed by atoms with Crippen LogP contribution in [0.3, 0.4) is 0 Å². The highest BCUT2D eigenvalue weighted by molar-refractivity contribution is 5.93. The Bertz CT molecular complexity index is 526. The molecule has 0 heterocycles. The third-order valence-electron chi connectivity index (χ3n) is 2.09. The maximum absolute atomic E-state index is 11.1. The predicted octanol–water partition coefficient (Wildman–Crippen LogP) is 2.25. The first-order chi connectivity index (χ1) is 8.41. The Labute approximate surface area is 104 Å². The summed E-state index contributed by atoms with van der Waals surface area (Å²) in [6.07, 6.45) is 0. The van der Waals surface area contributed by atoms with Crippen molar-refractivity contribution in [3.8, 4) is 0 Å². The molecular formula is C12H13N3O3. The Balaban J connectivity index is 2.94. The average molecular weight is 247 g/mol. The number of carbonyl (C=O) groups excluding carboxylic acids is 2. The van der Waals surface area contributed by atoms with Gasteiger partial charge >= 0.3 is 0 Å². The molecule has 0 spiro atoms. The largest absolute Gasteiger partial charge is 0.510 e. The first kappa shape index (κ1) is 13.6. The second kappa shape index (κ2) is 5.72. The van der Waals surface area contributed by atoms with Crippen molar-refractivity contribution in [2.45, 2.75) is 13.8 Å². The van der Waals surface area contributed by atoms with E-state index in [-0.39, 0.29) is 17.2 Å². The summed E-state index contributed by atoms with van der Waals surface area (Å²) >= 11 is 0. The van der Waals surface area contributed by atoms with Crippen LogP contribution in [0, 0.1) is 0 Å². The van der Waals surface area contributed by atoms with E-state index in [0.29, 0.717) is 11.3 Å². The van der Waals surface area contributed by atoms with Crippen LogP contribution in [-0.4, -0.2) is 16.8 Å². The van der Waals surface area contributed by atoms with Crippen LogP contribution in [0.1, 0.15) is 24.2 Å². The Kier molecular flexibility index (Phi) is 4.31. The van der Waals surface area contributed by atoms with E-state index in [1.165, 1.54) is 38.1 Å². The number of nitrogens with zero attached hydrogens (tertiary/aromatic N) is 2. The molecule has 0 saturated heterocycles.